The van der Waals surface area contributed by atoms with E-state index in [0.717, 1.165) is 12.6 Å². The van der Waals surface area contributed by atoms with Gasteiger partial charge in [0.15, 0.2) is 0 Å². The van der Waals surface area contributed by atoms with E-state index in [1.165, 1.54) is 12.1 Å². The average Bonchev–Trinajstić information content (AvgIpc) is 2.18. The molecule has 96 valence electrons. The molecule has 0 fully saturated rings. The van der Waals surface area contributed by atoms with Gasteiger partial charge in [0, 0.05) is 13.1 Å². The van der Waals surface area contributed by atoms with Gasteiger partial charge in [-0.1, -0.05) is 0 Å². The molecule has 3 N–H and O–H groups in total. The highest BCUT2D eigenvalue weighted by molar-refractivity contribution is 7.89. The number of nitrogens with one attached hydrogen (secondary N) is 1. The second kappa shape index (κ2) is 5.44. The second-order valence-electron chi connectivity index (χ2n) is 3.92. The first-order valence-corrected chi connectivity index (χ1v) is 6.56. The molecule has 5 nitrogen and oxygen atoms in total. The van der Waals surface area contributed by atoms with Crippen molar-refractivity contribution >= 4 is 15.7 Å². The van der Waals surface area contributed by atoms with Crippen LogP contribution in [0.2, 0.25) is 0 Å². The van der Waals surface area contributed by atoms with Gasteiger partial charge in [-0.2, -0.15) is 0 Å². The van der Waals surface area contributed by atoms with Crippen LogP contribution in [-0.4, -0.2) is 40.5 Å². The fraction of sp³-hybridized carbons (Fsp3) is 0.400. The van der Waals surface area contributed by atoms with Gasteiger partial charge in [-0.3, -0.25) is 0 Å². The Bertz CT molecular complexity index is 488. The van der Waals surface area contributed by atoms with Crippen molar-refractivity contribution in [1.29, 1.82) is 0 Å². The van der Waals surface area contributed by atoms with Gasteiger partial charge in [0.05, 0.1) is 10.6 Å². The number of anilines is 1. The Balaban J connectivity index is 2.77. The lowest BCUT2D eigenvalue weighted by atomic mass is 10.3. The first kappa shape index (κ1) is 13.9. The monoisotopic (exact) mass is 261 g/mol. The van der Waals surface area contributed by atoms with Crippen LogP contribution >= 0.6 is 0 Å². The number of benzene rings is 1. The molecule has 0 bridgehead atoms. The summed E-state index contributed by atoms with van der Waals surface area (Å²) < 4.78 is 35.5. The minimum Gasteiger partial charge on any atom is -0.381 e. The number of likely N-dealkylation sites (N-methyl/N-ethyl adjacent to an activating group) is 1. The summed E-state index contributed by atoms with van der Waals surface area (Å²) in [6.07, 6.45) is 0. The summed E-state index contributed by atoms with van der Waals surface area (Å²) in [6.45, 7) is 1.31. The average molecular weight is 261 g/mol. The highest BCUT2D eigenvalue weighted by Crippen LogP contribution is 2.17. The van der Waals surface area contributed by atoms with Gasteiger partial charge in [-0.15, -0.1) is 0 Å². The molecule has 17 heavy (non-hydrogen) atoms. The summed E-state index contributed by atoms with van der Waals surface area (Å²) in [5.41, 5.74) is 0.263. The predicted molar refractivity (Wildman–Crippen MR) is 64.8 cm³/mol. The zero-order valence-electron chi connectivity index (χ0n) is 9.77. The maximum atomic E-state index is 13.5. The molecule has 0 amide bonds. The number of sulfonamides is 1. The van der Waals surface area contributed by atoms with E-state index in [0.29, 0.717) is 6.54 Å². The van der Waals surface area contributed by atoms with Gasteiger partial charge in [-0.25, -0.2) is 17.9 Å². The largest absolute Gasteiger partial charge is 0.381 e. The molecule has 0 aliphatic carbocycles. The molecule has 1 aromatic rings. The molecule has 0 aromatic heterocycles. The summed E-state index contributed by atoms with van der Waals surface area (Å²) in [4.78, 5) is 1.72. The molecule has 0 aliphatic heterocycles. The third kappa shape index (κ3) is 4.29. The number of nitrogens with zero attached hydrogens (tertiary/aromatic N) is 1. The molecule has 0 saturated carbocycles. The van der Waals surface area contributed by atoms with Crippen molar-refractivity contribution in [2.45, 2.75) is 4.90 Å². The van der Waals surface area contributed by atoms with Crippen LogP contribution in [0, 0.1) is 5.82 Å². The number of nitrogens with two attached hydrogens (primary N) is 1. The maximum Gasteiger partial charge on any atom is 0.238 e. The molecule has 0 spiro atoms. The highest BCUT2D eigenvalue weighted by atomic mass is 32.2. The van der Waals surface area contributed by atoms with E-state index in [1.54, 1.807) is 0 Å². The lowest BCUT2D eigenvalue weighted by molar-refractivity contribution is 0.425. The van der Waals surface area contributed by atoms with E-state index < -0.39 is 15.8 Å². The van der Waals surface area contributed by atoms with Crippen molar-refractivity contribution in [3.05, 3.63) is 24.0 Å². The fourth-order valence-corrected chi connectivity index (χ4v) is 1.76. The standard InChI is InChI=1S/C10H16FN3O2S/c1-14(2)6-5-13-10-4-3-8(7-9(10)11)17(12,15)16/h3-4,7,13H,5-6H2,1-2H3,(H2,12,15,16). The van der Waals surface area contributed by atoms with Crippen molar-refractivity contribution in [2.75, 3.05) is 32.5 Å². The van der Waals surface area contributed by atoms with Crippen molar-refractivity contribution < 1.29 is 12.8 Å². The molecule has 0 radical (unpaired) electrons. The number of halogens is 1. The summed E-state index contributed by atoms with van der Waals surface area (Å²) in [7, 11) is -0.0422. The molecule has 1 aromatic carbocycles. The van der Waals surface area contributed by atoms with E-state index in [9.17, 15) is 12.8 Å². The van der Waals surface area contributed by atoms with E-state index in [2.05, 4.69) is 5.32 Å². The molecular formula is C10H16FN3O2S. The number of hydrogen-bond donors (Lipinski definition) is 2. The Morgan fingerprint density at radius 3 is 2.53 bits per heavy atom. The number of rotatable bonds is 5. The molecule has 0 heterocycles. The Morgan fingerprint density at radius 1 is 1.41 bits per heavy atom. The van der Waals surface area contributed by atoms with Crippen molar-refractivity contribution in [3.8, 4) is 0 Å². The molecule has 0 aliphatic rings. The van der Waals surface area contributed by atoms with Crippen molar-refractivity contribution in [3.63, 3.8) is 0 Å². The van der Waals surface area contributed by atoms with Crippen LogP contribution < -0.4 is 10.5 Å². The SMILES string of the molecule is CN(C)CCNc1ccc(S(N)(=O)=O)cc1F. The Morgan fingerprint density at radius 2 is 2.06 bits per heavy atom. The lowest BCUT2D eigenvalue weighted by Gasteiger charge is -2.12. The maximum absolute atomic E-state index is 13.5. The van der Waals surface area contributed by atoms with Crippen LogP contribution in [0.1, 0.15) is 0 Å². The molecule has 0 unspecified atom stereocenters. The van der Waals surface area contributed by atoms with Gasteiger partial charge in [0.1, 0.15) is 5.82 Å². The van der Waals surface area contributed by atoms with E-state index in [1.807, 2.05) is 19.0 Å². The van der Waals surface area contributed by atoms with Gasteiger partial charge >= 0.3 is 0 Å². The third-order valence-corrected chi connectivity index (χ3v) is 3.05. The van der Waals surface area contributed by atoms with Crippen molar-refractivity contribution in [2.24, 2.45) is 5.14 Å². The van der Waals surface area contributed by atoms with Gasteiger partial charge in [0.2, 0.25) is 10.0 Å². The highest BCUT2D eigenvalue weighted by Gasteiger charge is 2.11. The van der Waals surface area contributed by atoms with Crippen LogP contribution in [-0.2, 0) is 10.0 Å². The summed E-state index contributed by atoms with van der Waals surface area (Å²) in [5.74, 6) is -0.629. The molecule has 0 atom stereocenters. The Hall–Kier alpha value is -1.18. The normalized spacial score (nSPS) is 11.8. The van der Waals surface area contributed by atoms with E-state index in [-0.39, 0.29) is 10.6 Å². The minimum atomic E-state index is -3.85. The molecule has 7 heteroatoms. The topological polar surface area (TPSA) is 75.4 Å². The van der Waals surface area contributed by atoms with Crippen LogP contribution in [0.15, 0.2) is 23.1 Å². The van der Waals surface area contributed by atoms with Crippen LogP contribution in [0.25, 0.3) is 0 Å². The zero-order chi connectivity index (χ0) is 13.1. The number of primary sulfonamides is 1. The first-order valence-electron chi connectivity index (χ1n) is 5.01. The first-order chi connectivity index (χ1) is 7.80. The van der Waals surface area contributed by atoms with Gasteiger partial charge < -0.3 is 10.2 Å². The van der Waals surface area contributed by atoms with E-state index in [4.69, 9.17) is 5.14 Å². The summed E-state index contributed by atoms with van der Waals surface area (Å²) >= 11 is 0. The Kier molecular flexibility index (Phi) is 4.44. The fourth-order valence-electron chi connectivity index (χ4n) is 1.23. The van der Waals surface area contributed by atoms with Crippen LogP contribution in [0.3, 0.4) is 0 Å². The smallest absolute Gasteiger partial charge is 0.238 e. The summed E-state index contributed by atoms with van der Waals surface area (Å²) in [5, 5.41) is 7.76. The van der Waals surface area contributed by atoms with Crippen LogP contribution in [0.5, 0.6) is 0 Å². The number of hydrogen-bond acceptors (Lipinski definition) is 4. The van der Waals surface area contributed by atoms with E-state index >= 15 is 0 Å². The lowest BCUT2D eigenvalue weighted by Crippen LogP contribution is -2.21. The summed E-state index contributed by atoms with van der Waals surface area (Å²) in [6, 6.07) is 3.55. The molecule has 1 rings (SSSR count). The molecular weight excluding hydrogens is 245 g/mol. The van der Waals surface area contributed by atoms with Crippen molar-refractivity contribution in [1.82, 2.24) is 4.90 Å². The van der Waals surface area contributed by atoms with Gasteiger partial charge in [0.25, 0.3) is 0 Å². The Labute approximate surface area is 100 Å². The molecule has 0 saturated heterocycles. The van der Waals surface area contributed by atoms with Gasteiger partial charge in [-0.05, 0) is 32.3 Å². The minimum absolute atomic E-state index is 0.229. The van der Waals surface area contributed by atoms with Crippen LogP contribution in [0.4, 0.5) is 10.1 Å². The second-order valence-corrected chi connectivity index (χ2v) is 5.48. The quantitative estimate of drug-likeness (QED) is 0.807. The third-order valence-electron chi connectivity index (χ3n) is 2.14. The predicted octanol–water partition coefficient (Wildman–Crippen LogP) is 0.447. The zero-order valence-corrected chi connectivity index (χ0v) is 10.6.